The number of anilines is 1. The molecule has 4 aliphatic carbocycles. The molecular weight excluding hydrogens is 567 g/mol. The van der Waals surface area contributed by atoms with Gasteiger partial charge in [0.15, 0.2) is 18.2 Å². The maximum absolute atomic E-state index is 14.0. The summed E-state index contributed by atoms with van der Waals surface area (Å²) in [5.74, 6) is 2.85. The average molecular weight is 608 g/mol. The molecule has 234 valence electrons. The SMILES string of the molecule is CC(=O)OCC(=O)[C@@]1(C#CC(F)(F)F)CC[C@H]2[C@@H]3CC(C)C4=CC(=O)CCC4=C3C(c3ccc(N4CCCC4)cc3)C[C@@]21C. The van der Waals surface area contributed by atoms with E-state index in [1.807, 2.05) is 13.0 Å². The highest BCUT2D eigenvalue weighted by Gasteiger charge is 2.66. The highest BCUT2D eigenvalue weighted by Crippen LogP contribution is 2.70. The predicted octanol–water partition coefficient (Wildman–Crippen LogP) is 7.12. The first-order valence-corrected chi connectivity index (χ1v) is 15.9. The maximum Gasteiger partial charge on any atom is 0.457 e. The molecule has 5 nitrogen and oxygen atoms in total. The van der Waals surface area contributed by atoms with Gasteiger partial charge < -0.3 is 9.64 Å². The van der Waals surface area contributed by atoms with E-state index in [9.17, 15) is 27.6 Å². The van der Waals surface area contributed by atoms with Gasteiger partial charge in [-0.1, -0.05) is 37.5 Å². The number of fused-ring (bicyclic) bond motifs is 4. The summed E-state index contributed by atoms with van der Waals surface area (Å²) in [5, 5.41) is 0. The molecule has 2 saturated carbocycles. The number of halogens is 3. The monoisotopic (exact) mass is 607 g/mol. The first-order chi connectivity index (χ1) is 20.8. The molecule has 0 amide bonds. The number of Topliss-reactive ketones (excluding diaryl/α,β-unsaturated/α-hetero) is 1. The highest BCUT2D eigenvalue weighted by atomic mass is 19.4. The van der Waals surface area contributed by atoms with Crippen molar-refractivity contribution in [2.75, 3.05) is 24.6 Å². The van der Waals surface area contributed by atoms with E-state index in [0.29, 0.717) is 25.7 Å². The molecule has 1 aromatic rings. The minimum Gasteiger partial charge on any atom is -0.458 e. The van der Waals surface area contributed by atoms with E-state index in [1.54, 1.807) is 0 Å². The van der Waals surface area contributed by atoms with E-state index < -0.39 is 35.4 Å². The molecule has 0 spiro atoms. The number of alkyl halides is 3. The fourth-order valence-corrected chi connectivity index (χ4v) is 9.37. The summed E-state index contributed by atoms with van der Waals surface area (Å²) in [5.41, 5.74) is 3.36. The molecule has 8 heteroatoms. The van der Waals surface area contributed by atoms with E-state index >= 15 is 0 Å². The van der Waals surface area contributed by atoms with Crippen LogP contribution in [0.5, 0.6) is 0 Å². The van der Waals surface area contributed by atoms with Crippen molar-refractivity contribution in [1.29, 1.82) is 0 Å². The Morgan fingerprint density at radius 2 is 1.82 bits per heavy atom. The molecule has 44 heavy (non-hydrogen) atoms. The number of hydrogen-bond acceptors (Lipinski definition) is 5. The fourth-order valence-electron chi connectivity index (χ4n) is 9.37. The van der Waals surface area contributed by atoms with Gasteiger partial charge in [-0.2, -0.15) is 13.2 Å². The number of carbonyl (C=O) groups is 3. The van der Waals surface area contributed by atoms with E-state index in [4.69, 9.17) is 4.74 Å². The number of nitrogens with zero attached hydrogens (tertiary/aromatic N) is 1. The lowest BCUT2D eigenvalue weighted by molar-refractivity contribution is -0.150. The Hall–Kier alpha value is -3.34. The standard InChI is InChI=1S/C36H40F3NO4/c1-22-18-29-31-12-13-35(14-15-36(37,38)39,32(43)21-44-23(2)41)34(31,3)20-30(33(29)27-11-10-26(42)19-28(22)27)24-6-8-25(9-7-24)40-16-4-5-17-40/h6-9,19,22,29-31H,4-5,10-13,16-18,20-21H2,1-3H3/t22?,29-,30?,31-,34-,35-/m0/s1. The first kappa shape index (κ1) is 30.7. The molecular formula is C36H40F3NO4. The second kappa shape index (κ2) is 11.2. The smallest absolute Gasteiger partial charge is 0.457 e. The molecule has 6 rings (SSSR count). The molecule has 1 saturated heterocycles. The van der Waals surface area contributed by atoms with Gasteiger partial charge in [0, 0.05) is 44.0 Å². The summed E-state index contributed by atoms with van der Waals surface area (Å²) in [4.78, 5) is 40.5. The van der Waals surface area contributed by atoms with Crippen molar-refractivity contribution in [2.45, 2.75) is 84.2 Å². The van der Waals surface area contributed by atoms with Crippen LogP contribution < -0.4 is 4.90 Å². The molecule has 3 fully saturated rings. The molecule has 0 bridgehead atoms. The van der Waals surface area contributed by atoms with Crippen LogP contribution in [0.15, 0.2) is 47.1 Å². The molecule has 0 aromatic heterocycles. The fraction of sp³-hybridized carbons (Fsp3) is 0.583. The molecule has 2 unspecified atom stereocenters. The van der Waals surface area contributed by atoms with Gasteiger partial charge in [0.25, 0.3) is 0 Å². The zero-order valence-corrected chi connectivity index (χ0v) is 25.7. The van der Waals surface area contributed by atoms with Crippen LogP contribution in [0.2, 0.25) is 0 Å². The zero-order chi connectivity index (χ0) is 31.4. The van der Waals surface area contributed by atoms with Gasteiger partial charge in [-0.15, -0.1) is 0 Å². The highest BCUT2D eigenvalue weighted by molar-refractivity contribution is 5.93. The van der Waals surface area contributed by atoms with E-state index in [1.165, 1.54) is 24.0 Å². The quantitative estimate of drug-likeness (QED) is 0.264. The van der Waals surface area contributed by atoms with E-state index in [0.717, 1.165) is 49.2 Å². The molecule has 6 atom stereocenters. The maximum atomic E-state index is 14.0. The summed E-state index contributed by atoms with van der Waals surface area (Å²) >= 11 is 0. The third-order valence-electron chi connectivity index (χ3n) is 11.4. The van der Waals surface area contributed by atoms with Gasteiger partial charge >= 0.3 is 12.1 Å². The van der Waals surface area contributed by atoms with Gasteiger partial charge in [-0.25, -0.2) is 0 Å². The van der Waals surface area contributed by atoms with Crippen LogP contribution in [-0.2, 0) is 19.1 Å². The summed E-state index contributed by atoms with van der Waals surface area (Å²) in [6.07, 6.45) is 2.45. The van der Waals surface area contributed by atoms with Crippen molar-refractivity contribution in [3.63, 3.8) is 0 Å². The van der Waals surface area contributed by atoms with Gasteiger partial charge in [0.05, 0.1) is 5.41 Å². The number of allylic oxidation sites excluding steroid dienone is 4. The Morgan fingerprint density at radius 3 is 2.48 bits per heavy atom. The van der Waals surface area contributed by atoms with Crippen LogP contribution in [-0.4, -0.2) is 43.4 Å². The Kier molecular flexibility index (Phi) is 7.83. The summed E-state index contributed by atoms with van der Waals surface area (Å²) in [6.45, 7) is 6.71. The van der Waals surface area contributed by atoms with Crippen LogP contribution in [0, 0.1) is 40.4 Å². The van der Waals surface area contributed by atoms with Crippen molar-refractivity contribution in [3.05, 3.63) is 52.6 Å². The zero-order valence-electron chi connectivity index (χ0n) is 25.7. The van der Waals surface area contributed by atoms with Crippen molar-refractivity contribution in [3.8, 4) is 11.8 Å². The normalized spacial score (nSPS) is 33.1. The van der Waals surface area contributed by atoms with E-state index in [2.05, 4.69) is 42.0 Å². The molecule has 1 heterocycles. The average Bonchev–Trinajstić information content (AvgIpc) is 3.61. The number of benzene rings is 1. The minimum atomic E-state index is -4.76. The molecule has 0 radical (unpaired) electrons. The molecule has 5 aliphatic rings. The second-order valence-electron chi connectivity index (χ2n) is 13.7. The number of esters is 1. The van der Waals surface area contributed by atoms with Gasteiger partial charge in [0.2, 0.25) is 0 Å². The number of ether oxygens (including phenoxy) is 1. The van der Waals surface area contributed by atoms with Crippen LogP contribution in [0.3, 0.4) is 0 Å². The summed E-state index contributed by atoms with van der Waals surface area (Å²) < 4.78 is 46.0. The van der Waals surface area contributed by atoms with E-state index in [-0.39, 0.29) is 35.9 Å². The molecule has 0 N–H and O–H groups in total. The Morgan fingerprint density at radius 1 is 1.11 bits per heavy atom. The Bertz CT molecular complexity index is 1490. The third kappa shape index (κ3) is 5.20. The van der Waals surface area contributed by atoms with Crippen molar-refractivity contribution >= 4 is 23.2 Å². The third-order valence-corrected chi connectivity index (χ3v) is 11.4. The lowest BCUT2D eigenvalue weighted by Gasteiger charge is -2.55. The van der Waals surface area contributed by atoms with Gasteiger partial charge in [0.1, 0.15) is 0 Å². The van der Waals surface area contributed by atoms with Crippen LogP contribution >= 0.6 is 0 Å². The topological polar surface area (TPSA) is 63.7 Å². The number of hydrogen-bond donors (Lipinski definition) is 0. The Balaban J connectivity index is 1.50. The number of rotatable bonds is 5. The Labute approximate surface area is 257 Å². The first-order valence-electron chi connectivity index (χ1n) is 15.9. The number of ketones is 2. The minimum absolute atomic E-state index is 0.0449. The lowest BCUT2D eigenvalue weighted by atomic mass is 9.47. The van der Waals surface area contributed by atoms with Gasteiger partial charge in [-0.05, 0) is 103 Å². The summed E-state index contributed by atoms with van der Waals surface area (Å²) in [7, 11) is 0. The summed E-state index contributed by atoms with van der Waals surface area (Å²) in [6, 6.07) is 8.56. The van der Waals surface area contributed by atoms with Crippen molar-refractivity contribution < 1.29 is 32.3 Å². The number of carbonyl (C=O) groups excluding carboxylic acids is 3. The van der Waals surface area contributed by atoms with Gasteiger partial charge in [-0.3, -0.25) is 14.4 Å². The molecule has 1 aromatic carbocycles. The van der Waals surface area contributed by atoms with Crippen molar-refractivity contribution in [2.24, 2.45) is 28.6 Å². The van der Waals surface area contributed by atoms with Crippen molar-refractivity contribution in [1.82, 2.24) is 0 Å². The predicted molar refractivity (Wildman–Crippen MR) is 161 cm³/mol. The second-order valence-corrected chi connectivity index (χ2v) is 13.7. The van der Waals surface area contributed by atoms with Crippen LogP contribution in [0.25, 0.3) is 0 Å². The molecule has 1 aliphatic heterocycles. The largest absolute Gasteiger partial charge is 0.458 e. The van der Waals surface area contributed by atoms with Crippen LogP contribution in [0.1, 0.15) is 83.6 Å². The lowest BCUT2D eigenvalue weighted by Crippen LogP contribution is -2.52. The van der Waals surface area contributed by atoms with Crippen LogP contribution in [0.4, 0.5) is 18.9 Å².